The van der Waals surface area contributed by atoms with Gasteiger partial charge in [0.15, 0.2) is 0 Å². The molecular weight excluding hydrogens is 347 g/mol. The molecule has 0 fully saturated rings. The molecule has 0 heterocycles. The van der Waals surface area contributed by atoms with Gasteiger partial charge in [0.25, 0.3) is 0 Å². The van der Waals surface area contributed by atoms with Crippen LogP contribution >= 0.6 is 7.82 Å². The molecule has 4 nitrogen and oxygen atoms in total. The largest absolute Gasteiger partial charge is 0.524 e. The highest BCUT2D eigenvalue weighted by Gasteiger charge is 2.19. The number of benzene rings is 2. The molecule has 0 saturated carbocycles. The molecule has 0 aliphatic rings. The van der Waals surface area contributed by atoms with E-state index in [9.17, 15) is 4.57 Å². The van der Waals surface area contributed by atoms with Gasteiger partial charge in [-0.3, -0.25) is 9.79 Å². The second-order valence-corrected chi connectivity index (χ2v) is 7.81. The maximum absolute atomic E-state index is 11.3. The van der Waals surface area contributed by atoms with Crippen molar-refractivity contribution in [2.75, 3.05) is 0 Å². The van der Waals surface area contributed by atoms with Crippen molar-refractivity contribution in [2.24, 2.45) is 0 Å². The molecule has 2 N–H and O–H groups in total. The van der Waals surface area contributed by atoms with Crippen LogP contribution in [0.2, 0.25) is 0 Å². The Bertz CT molecular complexity index is 709. The van der Waals surface area contributed by atoms with Crippen molar-refractivity contribution in [1.82, 2.24) is 0 Å². The average Bonchev–Trinajstić information content (AvgIpc) is 2.61. The number of hydrogen-bond donors (Lipinski definition) is 2. The van der Waals surface area contributed by atoms with E-state index in [0.29, 0.717) is 0 Å². The van der Waals surface area contributed by atoms with Crippen molar-refractivity contribution in [1.29, 1.82) is 0 Å². The lowest BCUT2D eigenvalue weighted by Crippen LogP contribution is -1.95. The average molecular weight is 376 g/mol. The van der Waals surface area contributed by atoms with Crippen LogP contribution in [0.3, 0.4) is 0 Å². The van der Waals surface area contributed by atoms with Gasteiger partial charge in [-0.15, -0.1) is 0 Å². The second-order valence-electron chi connectivity index (χ2n) is 6.65. The first-order chi connectivity index (χ1) is 12.5. The van der Waals surface area contributed by atoms with E-state index in [-0.39, 0.29) is 5.75 Å². The summed E-state index contributed by atoms with van der Waals surface area (Å²) in [7, 11) is -4.59. The van der Waals surface area contributed by atoms with E-state index >= 15 is 0 Å². The number of unbranched alkanes of at least 4 members (excludes halogenated alkanes) is 6. The Balaban J connectivity index is 2.04. The summed E-state index contributed by atoms with van der Waals surface area (Å²) in [5.74, 6) is 0.216. The first-order valence-corrected chi connectivity index (χ1v) is 11.0. The van der Waals surface area contributed by atoms with Crippen molar-refractivity contribution in [3.8, 4) is 16.9 Å². The van der Waals surface area contributed by atoms with E-state index < -0.39 is 7.82 Å². The summed E-state index contributed by atoms with van der Waals surface area (Å²) in [5.41, 5.74) is 2.77. The molecule has 142 valence electrons. The fraction of sp³-hybridized carbons (Fsp3) is 0.429. The third kappa shape index (κ3) is 7.33. The number of hydrogen-bond acceptors (Lipinski definition) is 2. The summed E-state index contributed by atoms with van der Waals surface area (Å²) in [4.78, 5) is 18.3. The molecule has 0 unspecified atom stereocenters. The van der Waals surface area contributed by atoms with Crippen LogP contribution < -0.4 is 4.52 Å². The van der Waals surface area contributed by atoms with Crippen LogP contribution in [-0.4, -0.2) is 9.79 Å². The van der Waals surface area contributed by atoms with Crippen molar-refractivity contribution in [2.45, 2.75) is 58.3 Å². The van der Waals surface area contributed by atoms with Crippen LogP contribution in [0.5, 0.6) is 5.75 Å². The zero-order valence-electron chi connectivity index (χ0n) is 15.4. The van der Waals surface area contributed by atoms with Crippen molar-refractivity contribution in [3.63, 3.8) is 0 Å². The van der Waals surface area contributed by atoms with Gasteiger partial charge in [-0.2, -0.15) is 0 Å². The molecule has 0 radical (unpaired) electrons. The molecule has 2 aromatic carbocycles. The maximum atomic E-state index is 11.3. The predicted molar refractivity (Wildman–Crippen MR) is 106 cm³/mol. The van der Waals surface area contributed by atoms with Gasteiger partial charge in [0.2, 0.25) is 0 Å². The Kier molecular flexibility index (Phi) is 8.37. The van der Waals surface area contributed by atoms with Crippen LogP contribution in [0, 0.1) is 0 Å². The third-order valence-corrected chi connectivity index (χ3v) is 4.85. The Hall–Kier alpha value is -1.61. The van der Waals surface area contributed by atoms with E-state index in [2.05, 4.69) is 6.92 Å². The number of rotatable bonds is 11. The Morgan fingerprint density at radius 3 is 2.19 bits per heavy atom. The summed E-state index contributed by atoms with van der Waals surface area (Å²) >= 11 is 0. The molecule has 0 aromatic heterocycles. The first kappa shape index (κ1) is 20.7. The standard InChI is InChI=1S/C21H29O4P/c1-2-3-4-5-6-7-9-12-18-15-16-21(25-26(22,23)24)20(17-18)19-13-10-8-11-14-19/h8,10-11,13-17H,2-7,9,12H2,1H3,(H2,22,23,24). The summed E-state index contributed by atoms with van der Waals surface area (Å²) < 4.78 is 16.1. The lowest BCUT2D eigenvalue weighted by atomic mass is 9.99. The zero-order valence-corrected chi connectivity index (χ0v) is 16.3. The molecule has 2 aromatic rings. The molecule has 0 spiro atoms. The zero-order chi connectivity index (χ0) is 18.8. The fourth-order valence-electron chi connectivity index (χ4n) is 3.07. The topological polar surface area (TPSA) is 66.8 Å². The highest BCUT2D eigenvalue weighted by Crippen LogP contribution is 2.42. The Morgan fingerprint density at radius 1 is 0.885 bits per heavy atom. The van der Waals surface area contributed by atoms with Crippen LogP contribution in [0.4, 0.5) is 0 Å². The monoisotopic (exact) mass is 376 g/mol. The minimum Gasteiger partial charge on any atom is -0.404 e. The normalized spacial score (nSPS) is 11.5. The molecule has 2 rings (SSSR count). The van der Waals surface area contributed by atoms with Gasteiger partial charge in [0.1, 0.15) is 5.75 Å². The van der Waals surface area contributed by atoms with Crippen molar-refractivity contribution < 1.29 is 18.9 Å². The molecule has 0 amide bonds. The van der Waals surface area contributed by atoms with Gasteiger partial charge in [-0.25, -0.2) is 4.57 Å². The summed E-state index contributed by atoms with van der Waals surface area (Å²) in [6, 6.07) is 15.1. The summed E-state index contributed by atoms with van der Waals surface area (Å²) in [5, 5.41) is 0. The van der Waals surface area contributed by atoms with E-state index in [1.165, 1.54) is 38.5 Å². The van der Waals surface area contributed by atoms with Crippen LogP contribution in [0.15, 0.2) is 48.5 Å². The van der Waals surface area contributed by atoms with Gasteiger partial charge in [0, 0.05) is 5.56 Å². The lowest BCUT2D eigenvalue weighted by Gasteiger charge is -2.14. The van der Waals surface area contributed by atoms with Gasteiger partial charge in [-0.1, -0.05) is 81.8 Å². The molecule has 0 aliphatic heterocycles. The van der Waals surface area contributed by atoms with Gasteiger partial charge < -0.3 is 4.52 Å². The smallest absolute Gasteiger partial charge is 0.404 e. The van der Waals surface area contributed by atoms with Crippen LogP contribution in [0.1, 0.15) is 57.4 Å². The predicted octanol–water partition coefficient (Wildman–Crippen LogP) is 6.12. The van der Waals surface area contributed by atoms with Crippen LogP contribution in [0.25, 0.3) is 11.1 Å². The minimum absolute atomic E-state index is 0.216. The SMILES string of the molecule is CCCCCCCCCc1ccc(OP(=O)(O)O)c(-c2ccccc2)c1. The molecule has 5 heteroatoms. The van der Waals surface area contributed by atoms with Crippen molar-refractivity contribution >= 4 is 7.82 Å². The Morgan fingerprint density at radius 2 is 1.54 bits per heavy atom. The van der Waals surface area contributed by atoms with Crippen LogP contribution in [-0.2, 0) is 11.0 Å². The molecular formula is C21H29O4P. The molecule has 26 heavy (non-hydrogen) atoms. The highest BCUT2D eigenvalue weighted by atomic mass is 31.2. The van der Waals surface area contributed by atoms with E-state index in [1.54, 1.807) is 6.07 Å². The first-order valence-electron chi connectivity index (χ1n) is 9.43. The quantitative estimate of drug-likeness (QED) is 0.366. The molecule has 0 bridgehead atoms. The van der Waals surface area contributed by atoms with E-state index in [1.807, 2.05) is 42.5 Å². The van der Waals surface area contributed by atoms with Gasteiger partial charge in [0.05, 0.1) is 0 Å². The van der Waals surface area contributed by atoms with E-state index in [0.717, 1.165) is 29.5 Å². The Labute approximate surface area is 156 Å². The highest BCUT2D eigenvalue weighted by molar-refractivity contribution is 7.46. The number of phosphoric acid groups is 1. The van der Waals surface area contributed by atoms with Gasteiger partial charge in [-0.05, 0) is 36.1 Å². The lowest BCUT2D eigenvalue weighted by molar-refractivity contribution is 0.283. The number of phosphoric ester groups is 1. The second kappa shape index (κ2) is 10.5. The summed E-state index contributed by atoms with van der Waals surface area (Å²) in [6.07, 6.45) is 9.78. The minimum atomic E-state index is -4.59. The summed E-state index contributed by atoms with van der Waals surface area (Å²) in [6.45, 7) is 2.23. The maximum Gasteiger partial charge on any atom is 0.524 e. The van der Waals surface area contributed by atoms with Crippen molar-refractivity contribution in [3.05, 3.63) is 54.1 Å². The third-order valence-electron chi connectivity index (χ3n) is 4.42. The van der Waals surface area contributed by atoms with E-state index in [4.69, 9.17) is 14.3 Å². The molecule has 0 atom stereocenters. The fourth-order valence-corrected chi connectivity index (χ4v) is 3.49. The number of aryl methyl sites for hydroxylation is 1. The molecule has 0 aliphatic carbocycles. The van der Waals surface area contributed by atoms with Gasteiger partial charge >= 0.3 is 7.82 Å². The molecule has 0 saturated heterocycles.